The van der Waals surface area contributed by atoms with Crippen LogP contribution in [0.5, 0.6) is 0 Å². The minimum absolute atomic E-state index is 0.118. The van der Waals surface area contributed by atoms with Crippen molar-refractivity contribution in [3.05, 3.63) is 53.2 Å². The maximum atomic E-state index is 12.8. The molecule has 2 aromatic rings. The normalized spacial score (nSPS) is 10.3. The van der Waals surface area contributed by atoms with Crippen molar-refractivity contribution in [3.63, 3.8) is 0 Å². The quantitative estimate of drug-likeness (QED) is 0.862. The van der Waals surface area contributed by atoms with Crippen LogP contribution < -0.4 is 5.32 Å². The van der Waals surface area contributed by atoms with Crippen LogP contribution in [0.1, 0.15) is 5.56 Å². The van der Waals surface area contributed by atoms with Crippen molar-refractivity contribution in [1.29, 1.82) is 0 Å². The lowest BCUT2D eigenvalue weighted by molar-refractivity contribution is 0.564. The van der Waals surface area contributed by atoms with Gasteiger partial charge in [-0.25, -0.2) is 4.39 Å². The Hall–Kier alpha value is -1.48. The third-order valence-corrected chi connectivity index (χ3v) is 2.29. The van der Waals surface area contributed by atoms with Gasteiger partial charge in [-0.3, -0.25) is 0 Å². The molecule has 2 nitrogen and oxygen atoms in total. The highest BCUT2D eigenvalue weighted by molar-refractivity contribution is 6.31. The molecule has 1 aromatic carbocycles. The van der Waals surface area contributed by atoms with Crippen LogP contribution in [0.25, 0.3) is 0 Å². The van der Waals surface area contributed by atoms with Gasteiger partial charge in [0, 0.05) is 17.8 Å². The molecule has 78 valence electrons. The maximum Gasteiger partial charge on any atom is 0.141 e. The average molecular weight is 226 g/mol. The Bertz CT molecular complexity index is 442. The largest absolute Gasteiger partial charge is 0.472 e. The number of benzene rings is 1. The van der Waals surface area contributed by atoms with Crippen molar-refractivity contribution in [1.82, 2.24) is 0 Å². The van der Waals surface area contributed by atoms with Gasteiger partial charge >= 0.3 is 0 Å². The van der Waals surface area contributed by atoms with Crippen LogP contribution in [0.15, 0.2) is 41.2 Å². The third kappa shape index (κ3) is 2.50. The minimum atomic E-state index is -0.412. The molecule has 0 amide bonds. The molecule has 4 heteroatoms. The molecule has 0 aliphatic carbocycles. The van der Waals surface area contributed by atoms with Crippen molar-refractivity contribution >= 4 is 17.3 Å². The second-order valence-corrected chi connectivity index (χ2v) is 3.52. The van der Waals surface area contributed by atoms with Gasteiger partial charge in [0.2, 0.25) is 0 Å². The second kappa shape index (κ2) is 4.36. The Morgan fingerprint density at radius 2 is 2.20 bits per heavy atom. The Morgan fingerprint density at radius 3 is 2.87 bits per heavy atom. The van der Waals surface area contributed by atoms with E-state index in [-0.39, 0.29) is 5.02 Å². The van der Waals surface area contributed by atoms with E-state index in [0.29, 0.717) is 6.54 Å². The molecule has 0 aliphatic heterocycles. The fourth-order valence-corrected chi connectivity index (χ4v) is 1.38. The van der Waals surface area contributed by atoms with E-state index in [0.717, 1.165) is 11.3 Å². The van der Waals surface area contributed by atoms with Crippen molar-refractivity contribution < 1.29 is 8.81 Å². The van der Waals surface area contributed by atoms with Gasteiger partial charge in [0.25, 0.3) is 0 Å². The zero-order chi connectivity index (χ0) is 10.7. The number of hydrogen-bond donors (Lipinski definition) is 1. The van der Waals surface area contributed by atoms with Gasteiger partial charge in [-0.05, 0) is 24.3 Å². The first-order valence-electron chi connectivity index (χ1n) is 4.46. The number of nitrogens with one attached hydrogen (secondary N) is 1. The lowest BCUT2D eigenvalue weighted by atomic mass is 10.3. The van der Waals surface area contributed by atoms with E-state index in [4.69, 9.17) is 16.0 Å². The summed E-state index contributed by atoms with van der Waals surface area (Å²) in [5.74, 6) is -0.412. The van der Waals surface area contributed by atoms with Gasteiger partial charge in [-0.2, -0.15) is 0 Å². The van der Waals surface area contributed by atoms with E-state index >= 15 is 0 Å². The van der Waals surface area contributed by atoms with Crippen molar-refractivity contribution in [2.45, 2.75) is 6.54 Å². The highest BCUT2D eigenvalue weighted by Crippen LogP contribution is 2.19. The zero-order valence-electron chi connectivity index (χ0n) is 7.84. The fourth-order valence-electron chi connectivity index (χ4n) is 1.20. The molecule has 0 spiro atoms. The van der Waals surface area contributed by atoms with E-state index in [2.05, 4.69) is 5.32 Å². The van der Waals surface area contributed by atoms with Gasteiger partial charge in [-0.1, -0.05) is 11.6 Å². The maximum absolute atomic E-state index is 12.8. The molecular weight excluding hydrogens is 217 g/mol. The predicted octanol–water partition coefficient (Wildman–Crippen LogP) is 3.68. The highest BCUT2D eigenvalue weighted by atomic mass is 35.5. The molecule has 0 saturated heterocycles. The Morgan fingerprint density at radius 1 is 1.33 bits per heavy atom. The van der Waals surface area contributed by atoms with Crippen LogP contribution in [-0.4, -0.2) is 0 Å². The Balaban J connectivity index is 2.02. The summed E-state index contributed by atoms with van der Waals surface area (Å²) < 4.78 is 17.8. The number of halogens is 2. The molecule has 1 aromatic heterocycles. The van der Waals surface area contributed by atoms with Gasteiger partial charge < -0.3 is 9.73 Å². The van der Waals surface area contributed by atoms with E-state index in [9.17, 15) is 4.39 Å². The summed E-state index contributed by atoms with van der Waals surface area (Å²) in [5.41, 5.74) is 1.80. The fraction of sp³-hybridized carbons (Fsp3) is 0.0909. The first-order chi connectivity index (χ1) is 7.25. The van der Waals surface area contributed by atoms with Gasteiger partial charge in [0.05, 0.1) is 17.5 Å². The molecule has 15 heavy (non-hydrogen) atoms. The predicted molar refractivity (Wildman–Crippen MR) is 57.4 cm³/mol. The molecule has 0 saturated carbocycles. The topological polar surface area (TPSA) is 25.2 Å². The van der Waals surface area contributed by atoms with E-state index in [1.165, 1.54) is 6.07 Å². The minimum Gasteiger partial charge on any atom is -0.472 e. The zero-order valence-corrected chi connectivity index (χ0v) is 8.59. The molecule has 0 aliphatic rings. The monoisotopic (exact) mass is 225 g/mol. The van der Waals surface area contributed by atoms with Gasteiger partial charge in [-0.15, -0.1) is 0 Å². The van der Waals surface area contributed by atoms with Crippen molar-refractivity contribution in [2.24, 2.45) is 0 Å². The van der Waals surface area contributed by atoms with E-state index < -0.39 is 5.82 Å². The molecule has 1 heterocycles. The van der Waals surface area contributed by atoms with Crippen LogP contribution in [0.4, 0.5) is 10.1 Å². The van der Waals surface area contributed by atoms with Gasteiger partial charge in [0.1, 0.15) is 5.82 Å². The average Bonchev–Trinajstić information content (AvgIpc) is 2.73. The van der Waals surface area contributed by atoms with E-state index in [1.807, 2.05) is 6.07 Å². The second-order valence-electron chi connectivity index (χ2n) is 3.11. The van der Waals surface area contributed by atoms with Crippen LogP contribution in [0, 0.1) is 5.82 Å². The summed E-state index contributed by atoms with van der Waals surface area (Å²) in [7, 11) is 0. The molecule has 0 unspecified atom stereocenters. The highest BCUT2D eigenvalue weighted by Gasteiger charge is 2.00. The standard InChI is InChI=1S/C11H9ClFNO/c12-10-5-9(1-2-11(10)13)14-6-8-3-4-15-7-8/h1-5,7,14H,6H2. The molecule has 0 radical (unpaired) electrons. The van der Waals surface area contributed by atoms with Crippen LogP contribution in [0.2, 0.25) is 5.02 Å². The summed E-state index contributed by atoms with van der Waals surface area (Å²) in [6.45, 7) is 0.623. The first-order valence-corrected chi connectivity index (χ1v) is 4.83. The van der Waals surface area contributed by atoms with Crippen LogP contribution in [0.3, 0.4) is 0 Å². The van der Waals surface area contributed by atoms with Crippen molar-refractivity contribution in [2.75, 3.05) is 5.32 Å². The lowest BCUT2D eigenvalue weighted by Gasteiger charge is -2.05. The molecule has 2 rings (SSSR count). The number of anilines is 1. The molecule has 1 N–H and O–H groups in total. The van der Waals surface area contributed by atoms with Gasteiger partial charge in [0.15, 0.2) is 0 Å². The summed E-state index contributed by atoms with van der Waals surface area (Å²) in [6.07, 6.45) is 3.26. The van der Waals surface area contributed by atoms with E-state index in [1.54, 1.807) is 24.7 Å². The van der Waals surface area contributed by atoms with Crippen LogP contribution >= 0.6 is 11.6 Å². The summed E-state index contributed by atoms with van der Waals surface area (Å²) in [6, 6.07) is 6.39. The SMILES string of the molecule is Fc1ccc(NCc2ccoc2)cc1Cl. The summed E-state index contributed by atoms with van der Waals surface area (Å²) in [5, 5.41) is 3.22. The summed E-state index contributed by atoms with van der Waals surface area (Å²) in [4.78, 5) is 0. The molecule has 0 atom stereocenters. The Labute approximate surface area is 91.7 Å². The number of furan rings is 1. The molecule has 0 bridgehead atoms. The first kappa shape index (κ1) is 10.1. The Kier molecular flexibility index (Phi) is 2.92. The van der Waals surface area contributed by atoms with Crippen LogP contribution in [-0.2, 0) is 6.54 Å². The lowest BCUT2D eigenvalue weighted by Crippen LogP contribution is -1.98. The van der Waals surface area contributed by atoms with Crippen molar-refractivity contribution in [3.8, 4) is 0 Å². The number of rotatable bonds is 3. The molecular formula is C11H9ClFNO. The third-order valence-electron chi connectivity index (χ3n) is 2.00. The smallest absolute Gasteiger partial charge is 0.141 e. The number of hydrogen-bond acceptors (Lipinski definition) is 2. The molecule has 0 fully saturated rings. The summed E-state index contributed by atoms with van der Waals surface area (Å²) >= 11 is 5.64.